The summed E-state index contributed by atoms with van der Waals surface area (Å²) in [6.07, 6.45) is 7.83. The Morgan fingerprint density at radius 1 is 1.18 bits per heavy atom. The molecule has 0 aromatic carbocycles. The zero-order chi connectivity index (χ0) is 11.8. The minimum absolute atomic E-state index is 0.238. The number of nitrogens with two attached hydrogens (primary N) is 1. The van der Waals surface area contributed by atoms with Crippen LogP contribution in [0.15, 0.2) is 0 Å². The first-order chi connectivity index (χ1) is 8.22. The number of hydrogen-bond acceptors (Lipinski definition) is 3. The molecule has 1 amide bonds. The minimum atomic E-state index is 0.238. The highest BCUT2D eigenvalue weighted by molar-refractivity contribution is 5.76. The second kappa shape index (κ2) is 4.58. The van der Waals surface area contributed by atoms with Gasteiger partial charge in [-0.05, 0) is 38.5 Å². The lowest BCUT2D eigenvalue weighted by atomic mass is 9.98. The molecule has 3 rings (SSSR count). The van der Waals surface area contributed by atoms with Crippen LogP contribution in [0, 0.1) is 0 Å². The molecule has 3 aliphatic rings. The number of piperidine rings is 1. The van der Waals surface area contributed by atoms with Gasteiger partial charge >= 0.3 is 0 Å². The van der Waals surface area contributed by atoms with E-state index in [1.165, 1.54) is 25.7 Å². The van der Waals surface area contributed by atoms with Crippen molar-refractivity contribution >= 4 is 5.91 Å². The Bertz CT molecular complexity index is 289. The quantitative estimate of drug-likeness (QED) is 0.753. The Balaban J connectivity index is 1.47. The molecule has 0 spiro atoms. The van der Waals surface area contributed by atoms with Crippen LogP contribution in [0.1, 0.15) is 44.9 Å². The van der Waals surface area contributed by atoms with E-state index in [4.69, 9.17) is 5.73 Å². The highest BCUT2D eigenvalue weighted by Gasteiger charge is 2.39. The van der Waals surface area contributed by atoms with Gasteiger partial charge in [0, 0.05) is 37.1 Å². The van der Waals surface area contributed by atoms with Crippen LogP contribution in [0.3, 0.4) is 0 Å². The molecule has 1 aliphatic carbocycles. The average Bonchev–Trinajstić information content (AvgIpc) is 3.04. The van der Waals surface area contributed by atoms with Gasteiger partial charge in [0.05, 0.1) is 0 Å². The Morgan fingerprint density at radius 2 is 1.82 bits per heavy atom. The lowest BCUT2D eigenvalue weighted by molar-refractivity contribution is -0.121. The summed E-state index contributed by atoms with van der Waals surface area (Å²) in [4.78, 5) is 14.2. The summed E-state index contributed by atoms with van der Waals surface area (Å²) in [5.41, 5.74) is 6.04. The summed E-state index contributed by atoms with van der Waals surface area (Å²) in [5, 5.41) is 3.06. The third-order valence-electron chi connectivity index (χ3n) is 4.46. The van der Waals surface area contributed by atoms with Crippen molar-refractivity contribution in [1.82, 2.24) is 10.2 Å². The van der Waals surface area contributed by atoms with E-state index in [9.17, 15) is 4.79 Å². The van der Waals surface area contributed by atoms with Crippen molar-refractivity contribution in [1.29, 1.82) is 0 Å². The number of fused-ring (bicyclic) bond motifs is 2. The predicted molar refractivity (Wildman–Crippen MR) is 66.5 cm³/mol. The molecule has 0 aromatic heterocycles. The van der Waals surface area contributed by atoms with E-state index in [2.05, 4.69) is 10.2 Å². The van der Waals surface area contributed by atoms with Gasteiger partial charge in [-0.2, -0.15) is 0 Å². The zero-order valence-corrected chi connectivity index (χ0v) is 10.4. The van der Waals surface area contributed by atoms with Crippen LogP contribution in [0.2, 0.25) is 0 Å². The Hall–Kier alpha value is -0.610. The smallest absolute Gasteiger partial charge is 0.221 e. The van der Waals surface area contributed by atoms with E-state index in [0.29, 0.717) is 30.6 Å². The lowest BCUT2D eigenvalue weighted by Gasteiger charge is -2.37. The van der Waals surface area contributed by atoms with Gasteiger partial charge in [-0.25, -0.2) is 0 Å². The summed E-state index contributed by atoms with van der Waals surface area (Å²) in [5.74, 6) is 0.238. The van der Waals surface area contributed by atoms with Gasteiger partial charge in [-0.15, -0.1) is 0 Å². The molecule has 2 heterocycles. The average molecular weight is 237 g/mol. The molecule has 4 heteroatoms. The first kappa shape index (κ1) is 11.5. The summed E-state index contributed by atoms with van der Waals surface area (Å²) < 4.78 is 0. The van der Waals surface area contributed by atoms with Crippen LogP contribution < -0.4 is 11.1 Å². The van der Waals surface area contributed by atoms with Gasteiger partial charge in [0.25, 0.3) is 0 Å². The first-order valence-electron chi connectivity index (χ1n) is 7.03. The van der Waals surface area contributed by atoms with Crippen molar-refractivity contribution in [2.75, 3.05) is 6.54 Å². The number of carbonyl (C=O) groups is 1. The highest BCUT2D eigenvalue weighted by atomic mass is 16.1. The number of rotatable bonds is 4. The van der Waals surface area contributed by atoms with E-state index >= 15 is 0 Å². The standard InChI is InChI=1S/C13H23N3O/c14-9-7-11-3-4-12(8-9)16(11)6-5-13(17)15-10-1-2-10/h9-12H,1-8,14H2,(H,15,17). The Kier molecular flexibility index (Phi) is 3.09. The molecule has 0 radical (unpaired) electrons. The van der Waals surface area contributed by atoms with Crippen molar-refractivity contribution in [3.8, 4) is 0 Å². The van der Waals surface area contributed by atoms with Gasteiger partial charge in [-0.1, -0.05) is 0 Å². The van der Waals surface area contributed by atoms with Gasteiger partial charge in [0.15, 0.2) is 0 Å². The maximum absolute atomic E-state index is 11.7. The lowest BCUT2D eigenvalue weighted by Crippen LogP contribution is -2.48. The molecule has 0 aromatic rings. The molecule has 2 unspecified atom stereocenters. The third kappa shape index (κ3) is 2.63. The summed E-state index contributed by atoms with van der Waals surface area (Å²) in [6.45, 7) is 0.931. The molecule has 3 N–H and O–H groups in total. The largest absolute Gasteiger partial charge is 0.353 e. The predicted octanol–water partition coefficient (Wildman–Crippen LogP) is 0.609. The fraction of sp³-hybridized carbons (Fsp3) is 0.923. The number of nitrogens with one attached hydrogen (secondary N) is 1. The summed E-state index contributed by atoms with van der Waals surface area (Å²) in [6, 6.07) is 2.19. The Morgan fingerprint density at radius 3 is 2.41 bits per heavy atom. The van der Waals surface area contributed by atoms with Crippen LogP contribution in [0.5, 0.6) is 0 Å². The number of hydrogen-bond donors (Lipinski definition) is 2. The van der Waals surface area contributed by atoms with E-state index in [1.807, 2.05) is 0 Å². The van der Waals surface area contributed by atoms with Gasteiger partial charge in [0.2, 0.25) is 5.91 Å². The third-order valence-corrected chi connectivity index (χ3v) is 4.46. The van der Waals surface area contributed by atoms with Crippen LogP contribution in [0.4, 0.5) is 0 Å². The fourth-order valence-corrected chi connectivity index (χ4v) is 3.44. The van der Waals surface area contributed by atoms with Crippen LogP contribution in [-0.2, 0) is 4.79 Å². The molecule has 2 atom stereocenters. The van der Waals surface area contributed by atoms with Crippen molar-refractivity contribution in [2.24, 2.45) is 5.73 Å². The van der Waals surface area contributed by atoms with Gasteiger partial charge in [-0.3, -0.25) is 9.69 Å². The van der Waals surface area contributed by atoms with Gasteiger partial charge < -0.3 is 11.1 Å². The second-order valence-electron chi connectivity index (χ2n) is 5.95. The van der Waals surface area contributed by atoms with Crippen LogP contribution in [0.25, 0.3) is 0 Å². The maximum atomic E-state index is 11.7. The van der Waals surface area contributed by atoms with Crippen molar-refractivity contribution in [3.05, 3.63) is 0 Å². The molecule has 17 heavy (non-hydrogen) atoms. The maximum Gasteiger partial charge on any atom is 0.221 e. The molecule has 3 fully saturated rings. The zero-order valence-electron chi connectivity index (χ0n) is 10.4. The summed E-state index contributed by atoms with van der Waals surface area (Å²) in [7, 11) is 0. The van der Waals surface area contributed by atoms with E-state index < -0.39 is 0 Å². The molecule has 2 saturated heterocycles. The number of carbonyl (C=O) groups excluding carboxylic acids is 1. The van der Waals surface area contributed by atoms with E-state index in [0.717, 1.165) is 19.4 Å². The highest BCUT2D eigenvalue weighted by Crippen LogP contribution is 2.34. The topological polar surface area (TPSA) is 58.4 Å². The SMILES string of the molecule is NC1CC2CCC(C1)N2CCC(=O)NC1CC1. The van der Waals surface area contributed by atoms with E-state index in [1.54, 1.807) is 0 Å². The second-order valence-corrected chi connectivity index (χ2v) is 5.95. The monoisotopic (exact) mass is 237 g/mol. The summed E-state index contributed by atoms with van der Waals surface area (Å²) >= 11 is 0. The van der Waals surface area contributed by atoms with Crippen molar-refractivity contribution < 1.29 is 4.79 Å². The van der Waals surface area contributed by atoms with Gasteiger partial charge in [0.1, 0.15) is 0 Å². The molecular weight excluding hydrogens is 214 g/mol. The number of nitrogens with zero attached hydrogens (tertiary/aromatic N) is 1. The van der Waals surface area contributed by atoms with Crippen molar-refractivity contribution in [3.63, 3.8) is 0 Å². The molecule has 2 bridgehead atoms. The molecule has 4 nitrogen and oxygen atoms in total. The Labute approximate surface area is 103 Å². The van der Waals surface area contributed by atoms with Crippen LogP contribution >= 0.6 is 0 Å². The fourth-order valence-electron chi connectivity index (χ4n) is 3.44. The normalized spacial score (nSPS) is 37.1. The number of amides is 1. The minimum Gasteiger partial charge on any atom is -0.353 e. The molecular formula is C13H23N3O. The molecule has 1 saturated carbocycles. The molecule has 2 aliphatic heterocycles. The van der Waals surface area contributed by atoms with E-state index in [-0.39, 0.29) is 5.91 Å². The first-order valence-corrected chi connectivity index (χ1v) is 7.03. The van der Waals surface area contributed by atoms with Crippen LogP contribution in [-0.4, -0.2) is 41.5 Å². The van der Waals surface area contributed by atoms with Crippen molar-refractivity contribution in [2.45, 2.75) is 69.1 Å². The molecule has 96 valence electrons.